The van der Waals surface area contributed by atoms with Gasteiger partial charge in [0.15, 0.2) is 0 Å². The third kappa shape index (κ3) is 6.44. The Morgan fingerprint density at radius 2 is 2.00 bits per heavy atom. The molecule has 3 N–H and O–H groups in total. The van der Waals surface area contributed by atoms with E-state index < -0.39 is 16.1 Å². The second-order valence-electron chi connectivity index (χ2n) is 5.22. The van der Waals surface area contributed by atoms with Gasteiger partial charge in [-0.3, -0.25) is 4.79 Å². The number of anilines is 1. The Balaban J connectivity index is 0.00000576. The van der Waals surface area contributed by atoms with Gasteiger partial charge in [-0.05, 0) is 25.1 Å². The van der Waals surface area contributed by atoms with E-state index >= 15 is 0 Å². The topological polar surface area (TPSA) is 111 Å². The molecule has 0 radical (unpaired) electrons. The number of nitrogens with zero attached hydrogens (tertiary/aromatic N) is 1. The minimum absolute atomic E-state index is 0. The largest absolute Gasteiger partial charge is 0.492 e. The molecule has 1 rings (SSSR count). The quantitative estimate of drug-likeness (QED) is 0.646. The van der Waals surface area contributed by atoms with Gasteiger partial charge >= 0.3 is 0 Å². The smallest absolute Gasteiger partial charge is 0.242 e. The maximum atomic E-state index is 12.2. The molecule has 10 heteroatoms. The number of amides is 1. The molecule has 0 saturated heterocycles. The molecule has 0 saturated carbocycles. The average Bonchev–Trinajstić information content (AvgIpc) is 2.54. The molecule has 0 aromatic heterocycles. The summed E-state index contributed by atoms with van der Waals surface area (Å²) in [5.41, 5.74) is 5.79. The van der Waals surface area contributed by atoms with Gasteiger partial charge in [-0.25, -0.2) is 12.7 Å². The summed E-state index contributed by atoms with van der Waals surface area (Å²) < 4.78 is 36.1. The van der Waals surface area contributed by atoms with E-state index in [9.17, 15) is 13.2 Å². The van der Waals surface area contributed by atoms with E-state index in [-0.39, 0.29) is 41.9 Å². The van der Waals surface area contributed by atoms with Gasteiger partial charge in [0.2, 0.25) is 15.9 Å². The van der Waals surface area contributed by atoms with Crippen LogP contribution in [-0.2, 0) is 19.6 Å². The van der Waals surface area contributed by atoms with E-state index in [4.69, 9.17) is 15.2 Å². The standard InChI is InChI=1S/C15H25N3O5S.ClH/c1-5-23-14-7-6-12(24(20,21)18(2)3)9-13(14)17-15(19)8-11(10-16)22-4;/h6-7,9,11H,5,8,10,16H2,1-4H3,(H,17,19);1H. The van der Waals surface area contributed by atoms with Crippen LogP contribution in [0.2, 0.25) is 0 Å². The summed E-state index contributed by atoms with van der Waals surface area (Å²) in [5.74, 6) is 0.0536. The number of nitrogens with two attached hydrogens (primary N) is 1. The van der Waals surface area contributed by atoms with Crippen LogP contribution in [0.4, 0.5) is 5.69 Å². The first-order valence-corrected chi connectivity index (χ1v) is 8.92. The van der Waals surface area contributed by atoms with E-state index in [1.165, 1.54) is 39.4 Å². The normalized spacial score (nSPS) is 12.4. The molecule has 0 fully saturated rings. The van der Waals surface area contributed by atoms with Crippen LogP contribution in [0.15, 0.2) is 23.1 Å². The van der Waals surface area contributed by atoms with Crippen molar-refractivity contribution in [2.75, 3.05) is 39.7 Å². The monoisotopic (exact) mass is 395 g/mol. The van der Waals surface area contributed by atoms with Crippen LogP contribution in [0.25, 0.3) is 0 Å². The second-order valence-corrected chi connectivity index (χ2v) is 7.38. The lowest BCUT2D eigenvalue weighted by molar-refractivity contribution is -0.118. The molecule has 1 aromatic rings. The van der Waals surface area contributed by atoms with Crippen LogP contribution in [0.3, 0.4) is 0 Å². The van der Waals surface area contributed by atoms with Crippen LogP contribution in [0, 0.1) is 0 Å². The lowest BCUT2D eigenvalue weighted by Crippen LogP contribution is -2.28. The molecule has 0 heterocycles. The summed E-state index contributed by atoms with van der Waals surface area (Å²) in [6, 6.07) is 4.34. The van der Waals surface area contributed by atoms with Crippen molar-refractivity contribution in [3.8, 4) is 5.75 Å². The Hall–Kier alpha value is -1.39. The Morgan fingerprint density at radius 3 is 2.48 bits per heavy atom. The number of nitrogens with one attached hydrogen (secondary N) is 1. The van der Waals surface area contributed by atoms with Gasteiger partial charge in [0.1, 0.15) is 5.75 Å². The second kappa shape index (κ2) is 10.6. The van der Waals surface area contributed by atoms with E-state index in [2.05, 4.69) is 5.32 Å². The van der Waals surface area contributed by atoms with Gasteiger partial charge in [0.05, 0.1) is 29.7 Å². The Morgan fingerprint density at radius 1 is 1.36 bits per heavy atom. The van der Waals surface area contributed by atoms with E-state index in [1.54, 1.807) is 6.92 Å². The molecule has 0 bridgehead atoms. The first kappa shape index (κ1) is 23.6. The highest BCUT2D eigenvalue weighted by molar-refractivity contribution is 7.89. The number of ether oxygens (including phenoxy) is 2. The zero-order valence-corrected chi connectivity index (χ0v) is 16.4. The van der Waals surface area contributed by atoms with Crippen molar-refractivity contribution >= 4 is 34.0 Å². The fourth-order valence-corrected chi connectivity index (χ4v) is 2.86. The number of benzene rings is 1. The summed E-state index contributed by atoms with van der Waals surface area (Å²) in [5, 5.41) is 2.66. The Labute approximate surface area is 155 Å². The van der Waals surface area contributed by atoms with Crippen molar-refractivity contribution in [2.24, 2.45) is 5.73 Å². The van der Waals surface area contributed by atoms with Gasteiger partial charge in [0, 0.05) is 27.7 Å². The maximum absolute atomic E-state index is 12.2. The number of hydrogen-bond acceptors (Lipinski definition) is 6. The van der Waals surface area contributed by atoms with E-state index in [0.717, 1.165) is 4.31 Å². The van der Waals surface area contributed by atoms with E-state index in [0.29, 0.717) is 12.4 Å². The molecule has 25 heavy (non-hydrogen) atoms. The first-order chi connectivity index (χ1) is 11.3. The van der Waals surface area contributed by atoms with Gasteiger partial charge < -0.3 is 20.5 Å². The van der Waals surface area contributed by atoms with Crippen molar-refractivity contribution in [1.82, 2.24) is 4.31 Å². The molecule has 1 aromatic carbocycles. The zero-order chi connectivity index (χ0) is 18.3. The molecule has 0 spiro atoms. The van der Waals surface area contributed by atoms with Crippen molar-refractivity contribution in [2.45, 2.75) is 24.3 Å². The molecule has 0 aliphatic rings. The van der Waals surface area contributed by atoms with Crippen molar-refractivity contribution in [1.29, 1.82) is 0 Å². The predicted molar refractivity (Wildman–Crippen MR) is 98.8 cm³/mol. The Kier molecular flexibility index (Phi) is 9.98. The van der Waals surface area contributed by atoms with Crippen LogP contribution in [0.5, 0.6) is 5.75 Å². The van der Waals surface area contributed by atoms with Crippen LogP contribution >= 0.6 is 12.4 Å². The van der Waals surface area contributed by atoms with Gasteiger partial charge in [0.25, 0.3) is 0 Å². The van der Waals surface area contributed by atoms with Crippen LogP contribution < -0.4 is 15.8 Å². The number of hydrogen-bond donors (Lipinski definition) is 2. The van der Waals surface area contributed by atoms with Crippen molar-refractivity contribution < 1.29 is 22.7 Å². The summed E-state index contributed by atoms with van der Waals surface area (Å²) in [6.45, 7) is 2.38. The number of carbonyl (C=O) groups is 1. The average molecular weight is 396 g/mol. The number of sulfonamides is 1. The molecule has 1 atom stereocenters. The van der Waals surface area contributed by atoms with Crippen molar-refractivity contribution in [3.05, 3.63) is 18.2 Å². The highest BCUT2D eigenvalue weighted by atomic mass is 35.5. The number of methoxy groups -OCH3 is 1. The van der Waals surface area contributed by atoms with Gasteiger partial charge in [-0.2, -0.15) is 0 Å². The lowest BCUT2D eigenvalue weighted by Gasteiger charge is -2.17. The number of carbonyl (C=O) groups excluding carboxylic acids is 1. The zero-order valence-electron chi connectivity index (χ0n) is 14.8. The van der Waals surface area contributed by atoms with Crippen LogP contribution in [0.1, 0.15) is 13.3 Å². The lowest BCUT2D eigenvalue weighted by atomic mass is 10.2. The highest BCUT2D eigenvalue weighted by Gasteiger charge is 2.20. The third-order valence-corrected chi connectivity index (χ3v) is 5.12. The molecule has 0 aliphatic heterocycles. The first-order valence-electron chi connectivity index (χ1n) is 7.48. The molecule has 1 unspecified atom stereocenters. The van der Waals surface area contributed by atoms with Gasteiger partial charge in [-0.15, -0.1) is 12.4 Å². The summed E-state index contributed by atoms with van der Waals surface area (Å²) in [4.78, 5) is 12.2. The highest BCUT2D eigenvalue weighted by Crippen LogP contribution is 2.29. The minimum Gasteiger partial charge on any atom is -0.492 e. The molecular weight excluding hydrogens is 370 g/mol. The minimum atomic E-state index is -3.62. The van der Waals surface area contributed by atoms with E-state index in [1.807, 2.05) is 0 Å². The molecule has 144 valence electrons. The Bertz CT molecular complexity index is 663. The van der Waals surface area contributed by atoms with Gasteiger partial charge in [-0.1, -0.05) is 0 Å². The third-order valence-electron chi connectivity index (χ3n) is 3.31. The van der Waals surface area contributed by atoms with Crippen molar-refractivity contribution in [3.63, 3.8) is 0 Å². The molecule has 0 aliphatic carbocycles. The predicted octanol–water partition coefficient (Wildman–Crippen LogP) is 1.06. The summed E-state index contributed by atoms with van der Waals surface area (Å²) in [6.07, 6.45) is -0.349. The SMILES string of the molecule is CCOc1ccc(S(=O)(=O)N(C)C)cc1NC(=O)CC(CN)OC.Cl. The fraction of sp³-hybridized carbons (Fsp3) is 0.533. The molecular formula is C15H26ClN3O5S. The molecule has 8 nitrogen and oxygen atoms in total. The molecule has 1 amide bonds. The fourth-order valence-electron chi connectivity index (χ4n) is 1.93. The number of rotatable bonds is 9. The summed E-state index contributed by atoms with van der Waals surface area (Å²) in [7, 11) is 0.733. The van der Waals surface area contributed by atoms with Crippen LogP contribution in [-0.4, -0.2) is 59.1 Å². The number of halogens is 1. The summed E-state index contributed by atoms with van der Waals surface area (Å²) >= 11 is 0. The maximum Gasteiger partial charge on any atom is 0.242 e.